The smallest absolute Gasteiger partial charge is 0.314 e. The minimum Gasteiger partial charge on any atom is -0.466 e. The summed E-state index contributed by atoms with van der Waals surface area (Å²) in [5, 5.41) is 4.21. The minimum absolute atomic E-state index is 0.0243. The van der Waals surface area contributed by atoms with Gasteiger partial charge in [0, 0.05) is 37.7 Å². The molecule has 0 spiro atoms. The lowest BCUT2D eigenvalue weighted by Gasteiger charge is -2.41. The summed E-state index contributed by atoms with van der Waals surface area (Å²) >= 11 is 0. The molecule has 0 aliphatic carbocycles. The van der Waals surface area contributed by atoms with Crippen molar-refractivity contribution in [2.45, 2.75) is 52.1 Å². The van der Waals surface area contributed by atoms with Gasteiger partial charge in [0.2, 0.25) is 0 Å². The third kappa shape index (κ3) is 4.66. The molecule has 31 heavy (non-hydrogen) atoms. The van der Waals surface area contributed by atoms with Gasteiger partial charge in [0.05, 0.1) is 12.0 Å². The number of aromatic nitrogens is 1. The topological polar surface area (TPSA) is 81.9 Å². The predicted molar refractivity (Wildman–Crippen MR) is 114 cm³/mol. The lowest BCUT2D eigenvalue weighted by Crippen LogP contribution is -2.53. The predicted octanol–water partition coefficient (Wildman–Crippen LogP) is 3.54. The highest BCUT2D eigenvalue weighted by molar-refractivity contribution is 5.83. The molecule has 2 fully saturated rings. The van der Waals surface area contributed by atoms with Crippen LogP contribution in [0.5, 0.6) is 0 Å². The Kier molecular flexibility index (Phi) is 6.41. The number of esters is 1. The average Bonchev–Trinajstić information content (AvgIpc) is 3.47. The first-order chi connectivity index (χ1) is 15.0. The Labute approximate surface area is 182 Å². The number of amides is 1. The molecule has 0 bridgehead atoms. The fourth-order valence-electron chi connectivity index (χ4n) is 4.55. The molecule has 1 aromatic heterocycles. The van der Waals surface area contributed by atoms with Crippen LogP contribution in [-0.4, -0.2) is 54.3 Å². The van der Waals surface area contributed by atoms with Crippen LogP contribution in [-0.2, 0) is 25.5 Å². The van der Waals surface area contributed by atoms with Gasteiger partial charge >= 0.3 is 5.97 Å². The van der Waals surface area contributed by atoms with Crippen LogP contribution < -0.4 is 0 Å². The van der Waals surface area contributed by atoms with Gasteiger partial charge in [0.15, 0.2) is 0 Å². The molecular weight excluding hydrogens is 396 g/mol. The van der Waals surface area contributed by atoms with Gasteiger partial charge in [-0.1, -0.05) is 35.0 Å². The lowest BCUT2D eigenvalue weighted by molar-refractivity contribution is -0.162. The monoisotopic (exact) mass is 426 g/mol. The van der Waals surface area contributed by atoms with Gasteiger partial charge in [-0.15, -0.1) is 0 Å². The number of hydrogen-bond acceptors (Lipinski definition) is 6. The highest BCUT2D eigenvalue weighted by Crippen LogP contribution is 2.37. The van der Waals surface area contributed by atoms with Gasteiger partial charge < -0.3 is 18.9 Å². The van der Waals surface area contributed by atoms with Crippen LogP contribution in [0, 0.1) is 12.3 Å². The normalized spacial score (nSPS) is 23.7. The summed E-state index contributed by atoms with van der Waals surface area (Å²) in [6.45, 7) is 5.69. The maximum atomic E-state index is 13.1. The van der Waals surface area contributed by atoms with Crippen LogP contribution in [0.15, 0.2) is 34.9 Å². The number of carbonyl (C=O) groups excluding carboxylic acids is 2. The molecule has 2 saturated heterocycles. The van der Waals surface area contributed by atoms with E-state index in [0.29, 0.717) is 44.9 Å². The molecule has 7 heteroatoms. The largest absolute Gasteiger partial charge is 0.466 e. The summed E-state index contributed by atoms with van der Waals surface area (Å²) in [7, 11) is 0. The first-order valence-corrected chi connectivity index (χ1v) is 11.1. The number of likely N-dealkylation sites (tertiary alicyclic amines) is 1. The third-order valence-electron chi connectivity index (χ3n) is 6.22. The first kappa shape index (κ1) is 21.6. The van der Waals surface area contributed by atoms with E-state index in [0.717, 1.165) is 30.5 Å². The van der Waals surface area contributed by atoms with Crippen LogP contribution in [0.4, 0.5) is 0 Å². The number of piperidine rings is 1. The molecule has 3 heterocycles. The van der Waals surface area contributed by atoms with Crippen molar-refractivity contribution >= 4 is 11.9 Å². The van der Waals surface area contributed by atoms with E-state index in [1.54, 1.807) is 11.8 Å². The Balaban J connectivity index is 1.55. The Morgan fingerprint density at radius 2 is 2.06 bits per heavy atom. The van der Waals surface area contributed by atoms with E-state index in [1.165, 1.54) is 5.56 Å². The van der Waals surface area contributed by atoms with Crippen molar-refractivity contribution in [3.05, 3.63) is 41.7 Å². The Morgan fingerprint density at radius 1 is 1.26 bits per heavy atom. The zero-order chi connectivity index (χ0) is 21.8. The molecule has 7 nitrogen and oxygen atoms in total. The van der Waals surface area contributed by atoms with Gasteiger partial charge in [-0.3, -0.25) is 9.59 Å². The molecule has 166 valence electrons. The number of aryl methyl sites for hydroxylation is 1. The quantitative estimate of drug-likeness (QED) is 0.657. The van der Waals surface area contributed by atoms with Crippen molar-refractivity contribution in [3.63, 3.8) is 0 Å². The van der Waals surface area contributed by atoms with E-state index >= 15 is 0 Å². The van der Waals surface area contributed by atoms with E-state index in [4.69, 9.17) is 14.0 Å². The minimum atomic E-state index is -0.841. The number of benzene rings is 1. The summed E-state index contributed by atoms with van der Waals surface area (Å²) in [6, 6.07) is 9.94. The third-order valence-corrected chi connectivity index (χ3v) is 6.22. The zero-order valence-electron chi connectivity index (χ0n) is 18.3. The number of rotatable bonds is 6. The van der Waals surface area contributed by atoms with Gasteiger partial charge in [-0.05, 0) is 39.5 Å². The van der Waals surface area contributed by atoms with Gasteiger partial charge in [-0.25, -0.2) is 0 Å². The van der Waals surface area contributed by atoms with Gasteiger partial charge in [0.25, 0.3) is 5.91 Å². The summed E-state index contributed by atoms with van der Waals surface area (Å²) in [6.07, 6.45) is 2.96. The second-order valence-corrected chi connectivity index (χ2v) is 8.59. The first-order valence-electron chi connectivity index (χ1n) is 11.1. The summed E-state index contributed by atoms with van der Waals surface area (Å²) in [5.74, 6) is 0.312. The van der Waals surface area contributed by atoms with E-state index < -0.39 is 11.5 Å². The van der Waals surface area contributed by atoms with Crippen LogP contribution in [0.3, 0.4) is 0 Å². The van der Waals surface area contributed by atoms with Crippen molar-refractivity contribution < 1.29 is 23.6 Å². The van der Waals surface area contributed by atoms with Crippen LogP contribution in [0.2, 0.25) is 0 Å². The van der Waals surface area contributed by atoms with Crippen molar-refractivity contribution in [1.29, 1.82) is 0 Å². The van der Waals surface area contributed by atoms with Crippen LogP contribution in [0.1, 0.15) is 43.9 Å². The lowest BCUT2D eigenvalue weighted by atomic mass is 9.76. The fourth-order valence-corrected chi connectivity index (χ4v) is 4.55. The van der Waals surface area contributed by atoms with E-state index in [9.17, 15) is 9.59 Å². The average molecular weight is 427 g/mol. The Morgan fingerprint density at radius 3 is 2.77 bits per heavy atom. The standard InChI is InChI=1S/C24H30N2O5/c1-3-29-23(28)24(11-5-12-26(16-24)22(27)21-6-4-13-30-21)15-19-14-20(25-31-19)18-9-7-17(2)8-10-18/h7-10,14,21H,3-6,11-13,15-16H2,1-2H3/t21-,24+/m0/s1. The molecule has 2 aliphatic rings. The number of hydrogen-bond donors (Lipinski definition) is 0. The van der Waals surface area contributed by atoms with E-state index in [2.05, 4.69) is 5.16 Å². The molecule has 0 unspecified atom stereocenters. The van der Waals surface area contributed by atoms with Crippen molar-refractivity contribution in [2.24, 2.45) is 5.41 Å². The molecule has 2 atom stereocenters. The van der Waals surface area contributed by atoms with Crippen LogP contribution in [0.25, 0.3) is 11.3 Å². The molecular formula is C24H30N2O5. The molecule has 2 aromatic rings. The highest BCUT2D eigenvalue weighted by Gasteiger charge is 2.46. The molecule has 2 aliphatic heterocycles. The summed E-state index contributed by atoms with van der Waals surface area (Å²) in [4.78, 5) is 27.8. The molecule has 0 radical (unpaired) electrons. The summed E-state index contributed by atoms with van der Waals surface area (Å²) < 4.78 is 16.6. The maximum Gasteiger partial charge on any atom is 0.314 e. The molecule has 1 aromatic carbocycles. The van der Waals surface area contributed by atoms with Crippen molar-refractivity contribution in [3.8, 4) is 11.3 Å². The second-order valence-electron chi connectivity index (χ2n) is 8.59. The summed E-state index contributed by atoms with van der Waals surface area (Å²) in [5.41, 5.74) is 2.03. The molecule has 1 amide bonds. The molecule has 0 saturated carbocycles. The van der Waals surface area contributed by atoms with E-state index in [-0.39, 0.29) is 11.9 Å². The Bertz CT molecular complexity index is 916. The zero-order valence-corrected chi connectivity index (χ0v) is 18.3. The Hall–Kier alpha value is -2.67. The molecule has 4 rings (SSSR count). The van der Waals surface area contributed by atoms with E-state index in [1.807, 2.05) is 37.3 Å². The van der Waals surface area contributed by atoms with Gasteiger partial charge in [0.1, 0.15) is 17.6 Å². The maximum absolute atomic E-state index is 13.1. The number of carbonyl (C=O) groups is 2. The second kappa shape index (κ2) is 9.22. The number of nitrogens with zero attached hydrogens (tertiary/aromatic N) is 2. The van der Waals surface area contributed by atoms with Crippen molar-refractivity contribution in [2.75, 3.05) is 26.3 Å². The van der Waals surface area contributed by atoms with Crippen LogP contribution >= 0.6 is 0 Å². The SMILES string of the molecule is CCOC(=O)[C@@]1(Cc2cc(-c3ccc(C)cc3)no2)CCCN(C(=O)[C@@H]2CCCO2)C1. The van der Waals surface area contributed by atoms with Crippen molar-refractivity contribution in [1.82, 2.24) is 10.1 Å². The van der Waals surface area contributed by atoms with Gasteiger partial charge in [-0.2, -0.15) is 0 Å². The molecule has 0 N–H and O–H groups in total. The number of ether oxygens (including phenoxy) is 2. The fraction of sp³-hybridized carbons (Fsp3) is 0.542. The highest BCUT2D eigenvalue weighted by atomic mass is 16.5.